The fraction of sp³-hybridized carbons (Fsp3) is 0.389. The van der Waals surface area contributed by atoms with E-state index in [2.05, 4.69) is 4.90 Å². The number of hydrogen-bond donors (Lipinski definition) is 1. The Morgan fingerprint density at radius 1 is 1.27 bits per heavy atom. The Labute approximate surface area is 154 Å². The Hall–Kier alpha value is -2.32. The van der Waals surface area contributed by atoms with Crippen LogP contribution in [0.15, 0.2) is 47.5 Å². The Morgan fingerprint density at radius 2 is 1.96 bits per heavy atom. The third-order valence-electron chi connectivity index (χ3n) is 4.94. The number of aryl methyl sites for hydroxylation is 1. The molecule has 1 aliphatic rings. The molecule has 0 bridgehead atoms. The summed E-state index contributed by atoms with van der Waals surface area (Å²) in [7, 11) is -0.491. The standard InChI is InChI=1S/C18H24N4O3S/c1-20-13-16(11-17(20)18(19)23)26(24,25)21(2)15-9-6-10-22(12-15)14-7-4-3-5-8-14/h3-5,7-8,11,13,15H,6,9-10,12H2,1-2H3,(H2,19,23). The van der Waals surface area contributed by atoms with Crippen LogP contribution in [0, 0.1) is 0 Å². The zero-order valence-electron chi connectivity index (χ0n) is 15.0. The molecule has 1 atom stereocenters. The lowest BCUT2D eigenvalue weighted by Crippen LogP contribution is -2.48. The third-order valence-corrected chi connectivity index (χ3v) is 6.82. The van der Waals surface area contributed by atoms with Crippen molar-refractivity contribution >= 4 is 21.6 Å². The number of aromatic nitrogens is 1. The number of sulfonamides is 1. The average Bonchev–Trinajstić information content (AvgIpc) is 3.05. The van der Waals surface area contributed by atoms with Gasteiger partial charge in [0.15, 0.2) is 0 Å². The Balaban J connectivity index is 1.82. The SMILES string of the molecule is CN(C1CCCN(c2ccccc2)C1)S(=O)(=O)c1cc(C(N)=O)n(C)c1. The molecule has 1 aliphatic heterocycles. The van der Waals surface area contributed by atoms with Crippen LogP contribution in [0.5, 0.6) is 0 Å². The van der Waals surface area contributed by atoms with E-state index in [9.17, 15) is 13.2 Å². The summed E-state index contributed by atoms with van der Waals surface area (Å²) in [6.07, 6.45) is 3.15. The van der Waals surface area contributed by atoms with E-state index in [1.807, 2.05) is 30.3 Å². The molecule has 1 amide bonds. The number of piperidine rings is 1. The second kappa shape index (κ2) is 7.13. The number of likely N-dealkylation sites (N-methyl/N-ethyl adjacent to an activating group) is 1. The summed E-state index contributed by atoms with van der Waals surface area (Å²) < 4.78 is 28.9. The topological polar surface area (TPSA) is 88.6 Å². The van der Waals surface area contributed by atoms with Crippen LogP contribution in [-0.4, -0.2) is 49.4 Å². The summed E-state index contributed by atoms with van der Waals surface area (Å²) in [5.74, 6) is -0.649. The molecule has 0 saturated carbocycles. The second-order valence-corrected chi connectivity index (χ2v) is 8.63. The fourth-order valence-electron chi connectivity index (χ4n) is 3.41. The van der Waals surface area contributed by atoms with Gasteiger partial charge in [0, 0.05) is 45.1 Å². The van der Waals surface area contributed by atoms with Crippen molar-refractivity contribution in [3.8, 4) is 0 Å². The maximum absolute atomic E-state index is 13.0. The lowest BCUT2D eigenvalue weighted by Gasteiger charge is -2.38. The van der Waals surface area contributed by atoms with Gasteiger partial charge in [0.1, 0.15) is 10.6 Å². The van der Waals surface area contributed by atoms with Crippen molar-refractivity contribution in [2.75, 3.05) is 25.0 Å². The molecule has 3 rings (SSSR count). The van der Waals surface area contributed by atoms with Crippen molar-refractivity contribution in [2.24, 2.45) is 12.8 Å². The maximum atomic E-state index is 13.0. The normalized spacial score (nSPS) is 18.3. The van der Waals surface area contributed by atoms with Gasteiger partial charge in [-0.1, -0.05) is 18.2 Å². The molecule has 1 fully saturated rings. The van der Waals surface area contributed by atoms with Crippen LogP contribution in [0.1, 0.15) is 23.3 Å². The minimum Gasteiger partial charge on any atom is -0.370 e. The molecular weight excluding hydrogens is 352 g/mol. The van der Waals surface area contributed by atoms with E-state index in [0.717, 1.165) is 25.1 Å². The highest BCUT2D eigenvalue weighted by atomic mass is 32.2. The fourth-order valence-corrected chi connectivity index (χ4v) is 4.86. The van der Waals surface area contributed by atoms with Gasteiger partial charge in [-0.15, -0.1) is 0 Å². The molecule has 1 saturated heterocycles. The van der Waals surface area contributed by atoms with Gasteiger partial charge in [-0.2, -0.15) is 4.31 Å². The molecule has 0 spiro atoms. The molecule has 2 aromatic rings. The lowest BCUT2D eigenvalue weighted by atomic mass is 10.1. The van der Waals surface area contributed by atoms with E-state index in [0.29, 0.717) is 6.54 Å². The van der Waals surface area contributed by atoms with Crippen LogP contribution < -0.4 is 10.6 Å². The number of benzene rings is 1. The summed E-state index contributed by atoms with van der Waals surface area (Å²) in [5, 5.41) is 0. The molecule has 8 heteroatoms. The molecule has 140 valence electrons. The van der Waals surface area contributed by atoms with Crippen molar-refractivity contribution in [2.45, 2.75) is 23.8 Å². The molecule has 1 aromatic heterocycles. The summed E-state index contributed by atoms with van der Waals surface area (Å²) in [5.41, 5.74) is 6.57. The lowest BCUT2D eigenvalue weighted by molar-refractivity contribution is 0.0992. The monoisotopic (exact) mass is 376 g/mol. The molecular formula is C18H24N4O3S. The molecule has 0 radical (unpaired) electrons. The Bertz CT molecular complexity index is 892. The van der Waals surface area contributed by atoms with Crippen LogP contribution in [-0.2, 0) is 17.1 Å². The summed E-state index contributed by atoms with van der Waals surface area (Å²) in [6.45, 7) is 1.54. The van der Waals surface area contributed by atoms with Gasteiger partial charge in [-0.05, 0) is 31.0 Å². The predicted octanol–water partition coefficient (Wildman–Crippen LogP) is 1.41. The van der Waals surface area contributed by atoms with Gasteiger partial charge < -0.3 is 15.2 Å². The Morgan fingerprint density at radius 3 is 2.58 bits per heavy atom. The van der Waals surface area contributed by atoms with E-state index in [1.54, 1.807) is 14.1 Å². The van der Waals surface area contributed by atoms with Crippen molar-refractivity contribution in [3.63, 3.8) is 0 Å². The first kappa shape index (κ1) is 18.5. The number of amides is 1. The highest BCUT2D eigenvalue weighted by molar-refractivity contribution is 7.89. The number of para-hydroxylation sites is 1. The number of nitrogens with zero attached hydrogens (tertiary/aromatic N) is 3. The number of hydrogen-bond acceptors (Lipinski definition) is 4. The molecule has 1 unspecified atom stereocenters. The number of anilines is 1. The van der Waals surface area contributed by atoms with E-state index < -0.39 is 15.9 Å². The van der Waals surface area contributed by atoms with Gasteiger partial charge >= 0.3 is 0 Å². The smallest absolute Gasteiger partial charge is 0.265 e. The van der Waals surface area contributed by atoms with Crippen LogP contribution in [0.2, 0.25) is 0 Å². The first-order valence-corrected chi connectivity index (χ1v) is 9.99. The van der Waals surface area contributed by atoms with Gasteiger partial charge in [-0.3, -0.25) is 4.79 Å². The third kappa shape index (κ3) is 3.47. The van der Waals surface area contributed by atoms with E-state index in [1.165, 1.54) is 21.1 Å². The number of carbonyl (C=O) groups excluding carboxylic acids is 1. The van der Waals surface area contributed by atoms with Crippen LogP contribution >= 0.6 is 0 Å². The van der Waals surface area contributed by atoms with Crippen molar-refractivity contribution < 1.29 is 13.2 Å². The van der Waals surface area contributed by atoms with Gasteiger partial charge in [0.2, 0.25) is 10.0 Å². The van der Waals surface area contributed by atoms with Crippen LogP contribution in [0.25, 0.3) is 0 Å². The van der Waals surface area contributed by atoms with Gasteiger partial charge in [0.25, 0.3) is 5.91 Å². The van der Waals surface area contributed by atoms with Crippen LogP contribution in [0.3, 0.4) is 0 Å². The van der Waals surface area contributed by atoms with Crippen molar-refractivity contribution in [1.82, 2.24) is 8.87 Å². The van der Waals surface area contributed by atoms with Gasteiger partial charge in [0.05, 0.1) is 0 Å². The van der Waals surface area contributed by atoms with Crippen LogP contribution in [0.4, 0.5) is 5.69 Å². The molecule has 0 aliphatic carbocycles. The molecule has 2 heterocycles. The molecule has 2 N–H and O–H groups in total. The molecule has 26 heavy (non-hydrogen) atoms. The highest BCUT2D eigenvalue weighted by Crippen LogP contribution is 2.26. The Kier molecular flexibility index (Phi) is 5.06. The molecule has 1 aromatic carbocycles. The first-order valence-electron chi connectivity index (χ1n) is 8.55. The number of primary amides is 1. The summed E-state index contributed by atoms with van der Waals surface area (Å²) in [6, 6.07) is 11.2. The number of carbonyl (C=O) groups is 1. The molecule has 7 nitrogen and oxygen atoms in total. The second-order valence-electron chi connectivity index (χ2n) is 6.64. The quantitative estimate of drug-likeness (QED) is 0.855. The first-order chi connectivity index (χ1) is 12.3. The zero-order chi connectivity index (χ0) is 18.9. The summed E-state index contributed by atoms with van der Waals surface area (Å²) in [4.78, 5) is 13.7. The van der Waals surface area contributed by atoms with E-state index in [-0.39, 0.29) is 16.6 Å². The van der Waals surface area contributed by atoms with E-state index in [4.69, 9.17) is 5.73 Å². The summed E-state index contributed by atoms with van der Waals surface area (Å²) >= 11 is 0. The van der Waals surface area contributed by atoms with Crippen molar-refractivity contribution in [1.29, 1.82) is 0 Å². The van der Waals surface area contributed by atoms with Gasteiger partial charge in [-0.25, -0.2) is 8.42 Å². The largest absolute Gasteiger partial charge is 0.370 e. The minimum atomic E-state index is -3.70. The van der Waals surface area contributed by atoms with E-state index >= 15 is 0 Å². The minimum absolute atomic E-state index is 0.0909. The number of rotatable bonds is 5. The zero-order valence-corrected chi connectivity index (χ0v) is 15.8. The van der Waals surface area contributed by atoms with Crippen molar-refractivity contribution in [3.05, 3.63) is 48.3 Å². The maximum Gasteiger partial charge on any atom is 0.265 e. The number of nitrogens with two attached hydrogens (primary N) is 1. The predicted molar refractivity (Wildman–Crippen MR) is 101 cm³/mol. The highest BCUT2D eigenvalue weighted by Gasteiger charge is 2.32. The average molecular weight is 376 g/mol.